The number of ether oxygens (including phenoxy) is 4. The molecule has 1 aromatic heterocycles. The number of carbonyl (C=O) groups excluding carboxylic acids is 2. The maximum atomic E-state index is 13.9. The molecule has 67 heavy (non-hydrogen) atoms. The number of unbranched alkanes of at least 4 members (excludes halogenated alkanes) is 2. The molecule has 2 amide bonds. The van der Waals surface area contributed by atoms with Crippen molar-refractivity contribution in [3.63, 3.8) is 0 Å². The van der Waals surface area contributed by atoms with Gasteiger partial charge in [0.05, 0.1) is 49.1 Å². The molecule has 8 rings (SSSR count). The fourth-order valence-corrected chi connectivity index (χ4v) is 9.70. The van der Waals surface area contributed by atoms with Crippen LogP contribution in [0.1, 0.15) is 75.2 Å². The minimum Gasteiger partial charge on any atom is -0.495 e. The molecule has 3 aliphatic heterocycles. The summed E-state index contributed by atoms with van der Waals surface area (Å²) in [5.41, 5.74) is 6.97. The lowest BCUT2D eigenvalue weighted by Gasteiger charge is -2.48. The van der Waals surface area contributed by atoms with Gasteiger partial charge < -0.3 is 28.7 Å². The average Bonchev–Trinajstić information content (AvgIpc) is 3.33. The maximum Gasteiger partial charge on any atom is 0.412 e. The van der Waals surface area contributed by atoms with E-state index >= 15 is 0 Å². The quantitative estimate of drug-likeness (QED) is 0.0584. The van der Waals surface area contributed by atoms with Crippen molar-refractivity contribution in [3.8, 4) is 22.9 Å². The second kappa shape index (κ2) is 23.1. The summed E-state index contributed by atoms with van der Waals surface area (Å²) in [4.78, 5) is 57.3. The van der Waals surface area contributed by atoms with Gasteiger partial charge in [-0.05, 0) is 112 Å². The second-order valence-corrected chi connectivity index (χ2v) is 17.7. The molecule has 356 valence electrons. The summed E-state index contributed by atoms with van der Waals surface area (Å²) in [5, 5.41) is 3.44. The molecular weight excluding hydrogens is 851 g/mol. The first-order valence-electron chi connectivity index (χ1n) is 23.9. The van der Waals surface area contributed by atoms with E-state index in [2.05, 4.69) is 20.6 Å². The van der Waals surface area contributed by atoms with E-state index in [1.54, 1.807) is 17.7 Å². The van der Waals surface area contributed by atoms with E-state index in [0.29, 0.717) is 110 Å². The van der Waals surface area contributed by atoms with Crippen molar-refractivity contribution in [2.75, 3.05) is 65.0 Å². The van der Waals surface area contributed by atoms with Crippen molar-refractivity contribution in [2.24, 2.45) is 0 Å². The lowest BCUT2D eigenvalue weighted by atomic mass is 9.82. The molecule has 15 heteroatoms. The van der Waals surface area contributed by atoms with Crippen molar-refractivity contribution < 1.29 is 33.4 Å². The fraction of sp³-hybridized carbons (Fsp3) is 0.462. The lowest BCUT2D eigenvalue weighted by Crippen LogP contribution is -2.54. The highest BCUT2D eigenvalue weighted by Gasteiger charge is 2.39. The number of piperidine rings is 2. The minimum absolute atomic E-state index is 0.0429. The van der Waals surface area contributed by atoms with Crippen LogP contribution in [0.3, 0.4) is 0 Å². The van der Waals surface area contributed by atoms with E-state index < -0.39 is 6.09 Å². The average molecular weight is 916 g/mol. The summed E-state index contributed by atoms with van der Waals surface area (Å²) in [5.74, 6) is 2.44. The Labute approximate surface area is 393 Å². The number of rotatable bonds is 20. The van der Waals surface area contributed by atoms with Crippen molar-refractivity contribution >= 4 is 28.6 Å². The zero-order chi connectivity index (χ0) is 46.5. The molecule has 15 nitrogen and oxygen atoms in total. The molecule has 0 spiro atoms. The molecule has 5 aromatic rings. The topological polar surface area (TPSA) is 149 Å². The van der Waals surface area contributed by atoms with E-state index in [1.165, 1.54) is 6.42 Å². The van der Waals surface area contributed by atoms with Gasteiger partial charge in [-0.15, -0.1) is 0 Å². The molecule has 2 N–H and O–H groups in total. The summed E-state index contributed by atoms with van der Waals surface area (Å²) in [6.45, 7) is 9.39. The molecule has 0 saturated carbocycles. The van der Waals surface area contributed by atoms with Crippen molar-refractivity contribution in [2.45, 2.75) is 96.5 Å². The third kappa shape index (κ3) is 12.3. The van der Waals surface area contributed by atoms with Crippen LogP contribution in [-0.4, -0.2) is 114 Å². The number of para-hydroxylation sites is 3. The van der Waals surface area contributed by atoms with Gasteiger partial charge in [-0.2, -0.15) is 5.48 Å². The second-order valence-electron chi connectivity index (χ2n) is 17.7. The van der Waals surface area contributed by atoms with Gasteiger partial charge in [0.15, 0.2) is 6.61 Å². The van der Waals surface area contributed by atoms with Gasteiger partial charge in [0.25, 0.3) is 11.5 Å². The Kier molecular flexibility index (Phi) is 16.4. The Bertz CT molecular complexity index is 2480. The van der Waals surface area contributed by atoms with E-state index in [1.807, 2.05) is 104 Å². The number of nitrogens with one attached hydrogen (secondary N) is 2. The zero-order valence-corrected chi connectivity index (χ0v) is 39.1. The highest BCUT2D eigenvalue weighted by Crippen LogP contribution is 2.36. The lowest BCUT2D eigenvalue weighted by molar-refractivity contribution is -0.135. The van der Waals surface area contributed by atoms with Crippen LogP contribution in [0.5, 0.6) is 17.2 Å². The van der Waals surface area contributed by atoms with Gasteiger partial charge in [0.1, 0.15) is 29.2 Å². The number of hydrogen-bond acceptors (Lipinski definition) is 12. The first kappa shape index (κ1) is 47.5. The number of aromatic nitrogens is 2. The number of nitrogens with zero attached hydrogens (tertiary/aromatic N) is 5. The Balaban J connectivity index is 0.703. The van der Waals surface area contributed by atoms with Gasteiger partial charge in [0, 0.05) is 57.6 Å². The number of benzene rings is 4. The number of aryl methyl sites for hydroxylation is 1. The monoisotopic (exact) mass is 915 g/mol. The van der Waals surface area contributed by atoms with Crippen molar-refractivity contribution in [1.82, 2.24) is 29.7 Å². The smallest absolute Gasteiger partial charge is 0.412 e. The normalized spacial score (nSPS) is 18.7. The number of amides is 2. The van der Waals surface area contributed by atoms with Crippen LogP contribution in [0.4, 0.5) is 10.5 Å². The number of anilines is 1. The van der Waals surface area contributed by atoms with Gasteiger partial charge in [-0.1, -0.05) is 48.9 Å². The van der Waals surface area contributed by atoms with Gasteiger partial charge >= 0.3 is 6.09 Å². The van der Waals surface area contributed by atoms with E-state index in [4.69, 9.17) is 28.8 Å². The molecule has 2 atom stereocenters. The van der Waals surface area contributed by atoms with Crippen LogP contribution in [0.2, 0.25) is 0 Å². The molecule has 4 heterocycles. The van der Waals surface area contributed by atoms with E-state index in [0.717, 1.165) is 62.6 Å². The number of hydrogen-bond donors (Lipinski definition) is 2. The van der Waals surface area contributed by atoms with Crippen LogP contribution in [-0.2, 0) is 27.5 Å². The molecule has 3 fully saturated rings. The molecule has 2 bridgehead atoms. The number of hydroxylamine groups is 1. The molecule has 2 unspecified atom stereocenters. The summed E-state index contributed by atoms with van der Waals surface area (Å²) >= 11 is 0. The van der Waals surface area contributed by atoms with Gasteiger partial charge in [-0.25, -0.2) is 9.78 Å². The molecule has 3 saturated heterocycles. The first-order valence-corrected chi connectivity index (χ1v) is 23.9. The Morgan fingerprint density at radius 2 is 1.60 bits per heavy atom. The minimum atomic E-state index is -0.420. The Morgan fingerprint density at radius 3 is 2.37 bits per heavy atom. The molecule has 3 aliphatic rings. The molecular formula is C52H65N7O8. The largest absolute Gasteiger partial charge is 0.495 e. The number of piperazine rings is 1. The van der Waals surface area contributed by atoms with E-state index in [-0.39, 0.29) is 24.2 Å². The molecule has 0 radical (unpaired) electrons. The van der Waals surface area contributed by atoms with Crippen molar-refractivity contribution in [1.29, 1.82) is 0 Å². The predicted octanol–water partition coefficient (Wildman–Crippen LogP) is 7.65. The third-order valence-electron chi connectivity index (χ3n) is 13.1. The summed E-state index contributed by atoms with van der Waals surface area (Å²) < 4.78 is 24.8. The highest BCUT2D eigenvalue weighted by atomic mass is 16.6. The molecule has 0 aliphatic carbocycles. The zero-order valence-electron chi connectivity index (χ0n) is 39.1. The maximum absolute atomic E-state index is 13.9. The summed E-state index contributed by atoms with van der Waals surface area (Å²) in [6, 6.07) is 29.2. The molecule has 4 aromatic carbocycles. The number of fused-ring (bicyclic) bond motifs is 3. The standard InChI is InChI=1S/C52H65N7O8/c1-4-64-48-18-9-8-17-46(48)59-49(54-44-16-7-6-15-43(44)51(59)61)35-56-26-28-57(29-27-56)50(60)36-65-41-22-20-38(21-23-41)34-53-66-30-11-5-10-25-58-39-13-12-14-40(58)33-42(32-39)67-52(62)55-45-31-37(2)19-24-47(45)63-3/h6-9,15-24,31,39-40,42,53H,4-5,10-14,25-30,32-36H2,1-3H3,(H,55,62). The predicted molar refractivity (Wildman–Crippen MR) is 258 cm³/mol. The number of methoxy groups -OCH3 is 1. The number of carbonyl (C=O) groups is 2. The van der Waals surface area contributed by atoms with E-state index in [9.17, 15) is 14.4 Å². The third-order valence-corrected chi connectivity index (χ3v) is 13.1. The van der Waals surface area contributed by atoms with Crippen molar-refractivity contribution in [3.05, 3.63) is 118 Å². The summed E-state index contributed by atoms with van der Waals surface area (Å²) in [7, 11) is 1.60. The van der Waals surface area contributed by atoms with Crippen LogP contribution >= 0.6 is 0 Å². The highest BCUT2D eigenvalue weighted by molar-refractivity contribution is 5.87. The van der Waals surface area contributed by atoms with Crippen LogP contribution < -0.4 is 30.6 Å². The fourth-order valence-electron chi connectivity index (χ4n) is 9.70. The van der Waals surface area contributed by atoms with Gasteiger partial charge in [-0.3, -0.25) is 29.3 Å². The SMILES string of the molecule is CCOc1ccccc1-n1c(CN2CCN(C(=O)COc3ccc(CNOCCCCCN4C5CCCC4CC(OC(=O)Nc4cc(C)ccc4OC)C5)cc3)CC2)nc2ccccc2c1=O. The van der Waals surface area contributed by atoms with Crippen LogP contribution in [0.15, 0.2) is 95.8 Å². The Morgan fingerprint density at radius 1 is 0.836 bits per heavy atom. The van der Waals surface area contributed by atoms with Crippen LogP contribution in [0.25, 0.3) is 16.6 Å². The van der Waals surface area contributed by atoms with Crippen LogP contribution in [0, 0.1) is 6.92 Å². The summed E-state index contributed by atoms with van der Waals surface area (Å²) in [6.07, 6.45) is 7.92. The van der Waals surface area contributed by atoms with Gasteiger partial charge in [0.2, 0.25) is 0 Å². The first-order chi connectivity index (χ1) is 32.8. The Hall–Kier alpha value is -6.00.